The lowest BCUT2D eigenvalue weighted by Gasteiger charge is -2.34. The van der Waals surface area contributed by atoms with E-state index < -0.39 is 5.25 Å². The Balaban J connectivity index is 1.60. The molecule has 1 N–H and O–H groups in total. The smallest absolute Gasteiger partial charge is 0.241 e. The van der Waals surface area contributed by atoms with Crippen LogP contribution in [0.3, 0.4) is 0 Å². The lowest BCUT2D eigenvalue weighted by molar-refractivity contribution is -0.122. The largest absolute Gasteiger partial charge is 0.326 e. The van der Waals surface area contributed by atoms with E-state index in [1.165, 1.54) is 11.8 Å². The highest BCUT2D eigenvalue weighted by atomic mass is 32.2. The maximum absolute atomic E-state index is 13.7. The van der Waals surface area contributed by atoms with Crippen LogP contribution in [0.5, 0.6) is 0 Å². The third kappa shape index (κ3) is 5.62. The van der Waals surface area contributed by atoms with Gasteiger partial charge in [-0.3, -0.25) is 9.59 Å². The number of nitrogens with one attached hydrogen (secondary N) is 1. The molecule has 0 radical (unpaired) electrons. The van der Waals surface area contributed by atoms with Gasteiger partial charge in [-0.05, 0) is 53.1 Å². The standard InChI is InChI=1S/C30H34N2O2S/c1-19(2)23-12-9-13-24(20(3)4)29(23)31-28(33)17-27-30(34)32(18-22-10-7-6-8-11-22)25-16-21(5)14-15-26(25)35-27/h6-16,19-20,27H,17-18H2,1-5H3,(H,31,33). The Kier molecular flexibility index (Phi) is 7.66. The molecule has 1 heterocycles. The predicted octanol–water partition coefficient (Wildman–Crippen LogP) is 7.28. The summed E-state index contributed by atoms with van der Waals surface area (Å²) in [6.07, 6.45) is 0.131. The van der Waals surface area contributed by atoms with E-state index in [9.17, 15) is 9.59 Å². The highest BCUT2D eigenvalue weighted by Gasteiger charge is 2.35. The number of hydrogen-bond acceptors (Lipinski definition) is 3. The Morgan fingerprint density at radius 3 is 2.23 bits per heavy atom. The zero-order valence-electron chi connectivity index (χ0n) is 21.2. The normalized spacial score (nSPS) is 15.5. The molecule has 3 aromatic carbocycles. The first-order chi connectivity index (χ1) is 16.7. The van der Waals surface area contributed by atoms with E-state index in [0.717, 1.165) is 38.5 Å². The zero-order valence-corrected chi connectivity index (χ0v) is 22.0. The summed E-state index contributed by atoms with van der Waals surface area (Å²) in [5, 5.41) is 2.71. The first-order valence-electron chi connectivity index (χ1n) is 12.3. The van der Waals surface area contributed by atoms with E-state index in [4.69, 9.17) is 0 Å². The van der Waals surface area contributed by atoms with Crippen molar-refractivity contribution < 1.29 is 9.59 Å². The first kappa shape index (κ1) is 25.1. The fraction of sp³-hybridized carbons (Fsp3) is 0.333. The lowest BCUT2D eigenvalue weighted by Crippen LogP contribution is -2.42. The van der Waals surface area contributed by atoms with Crippen molar-refractivity contribution in [2.45, 2.75) is 69.6 Å². The number of para-hydroxylation sites is 1. The zero-order chi connectivity index (χ0) is 25.1. The van der Waals surface area contributed by atoms with E-state index in [1.807, 2.05) is 42.2 Å². The number of rotatable bonds is 7. The molecule has 3 aromatic rings. The number of nitrogens with zero attached hydrogens (tertiary/aromatic N) is 1. The van der Waals surface area contributed by atoms with Gasteiger partial charge in [-0.15, -0.1) is 11.8 Å². The summed E-state index contributed by atoms with van der Waals surface area (Å²) in [5.74, 6) is 0.423. The summed E-state index contributed by atoms with van der Waals surface area (Å²) in [5.41, 5.74) is 6.24. The molecule has 5 heteroatoms. The van der Waals surface area contributed by atoms with Crippen LogP contribution in [-0.2, 0) is 16.1 Å². The first-order valence-corrected chi connectivity index (χ1v) is 13.2. The van der Waals surface area contributed by atoms with Gasteiger partial charge in [0.15, 0.2) is 0 Å². The summed E-state index contributed by atoms with van der Waals surface area (Å²) in [7, 11) is 0. The molecule has 0 bridgehead atoms. The average Bonchev–Trinajstić information content (AvgIpc) is 2.82. The predicted molar refractivity (Wildman–Crippen MR) is 146 cm³/mol. The molecule has 4 nitrogen and oxygen atoms in total. The summed E-state index contributed by atoms with van der Waals surface area (Å²) in [6.45, 7) is 11.1. The second-order valence-corrected chi connectivity index (χ2v) is 11.1. The van der Waals surface area contributed by atoms with Crippen molar-refractivity contribution in [3.63, 3.8) is 0 Å². The number of amides is 2. The number of carbonyl (C=O) groups is 2. The topological polar surface area (TPSA) is 49.4 Å². The van der Waals surface area contributed by atoms with Crippen LogP contribution in [0.15, 0.2) is 71.6 Å². The van der Waals surface area contributed by atoms with Crippen LogP contribution >= 0.6 is 11.8 Å². The maximum atomic E-state index is 13.7. The van der Waals surface area contributed by atoms with E-state index >= 15 is 0 Å². The minimum Gasteiger partial charge on any atom is -0.326 e. The number of anilines is 2. The van der Waals surface area contributed by atoms with Crippen molar-refractivity contribution in [1.82, 2.24) is 0 Å². The fourth-order valence-electron chi connectivity index (χ4n) is 4.55. The van der Waals surface area contributed by atoms with Crippen molar-refractivity contribution in [3.05, 3.63) is 89.0 Å². The quantitative estimate of drug-likeness (QED) is 0.382. The van der Waals surface area contributed by atoms with Crippen molar-refractivity contribution in [2.75, 3.05) is 10.2 Å². The van der Waals surface area contributed by atoms with Crippen LogP contribution in [0, 0.1) is 6.92 Å². The molecule has 1 aliphatic rings. The minimum atomic E-state index is -0.470. The van der Waals surface area contributed by atoms with Crippen LogP contribution in [0.25, 0.3) is 0 Å². The van der Waals surface area contributed by atoms with Gasteiger partial charge < -0.3 is 10.2 Å². The Morgan fingerprint density at radius 2 is 1.60 bits per heavy atom. The molecular weight excluding hydrogens is 452 g/mol. The molecule has 0 saturated heterocycles. The second-order valence-electron chi connectivity index (χ2n) is 9.86. The van der Waals surface area contributed by atoms with E-state index in [1.54, 1.807) is 0 Å². The molecule has 0 aromatic heterocycles. The minimum absolute atomic E-state index is 0.0201. The molecule has 1 unspecified atom stereocenters. The molecule has 0 saturated carbocycles. The van der Waals surface area contributed by atoms with E-state index in [2.05, 4.69) is 69.4 Å². The highest BCUT2D eigenvalue weighted by Crippen LogP contribution is 2.42. The van der Waals surface area contributed by atoms with Crippen molar-refractivity contribution in [2.24, 2.45) is 0 Å². The van der Waals surface area contributed by atoms with Gasteiger partial charge in [0, 0.05) is 17.0 Å². The lowest BCUT2D eigenvalue weighted by atomic mass is 9.92. The van der Waals surface area contributed by atoms with Gasteiger partial charge in [0.05, 0.1) is 17.5 Å². The molecule has 1 atom stereocenters. The molecule has 35 heavy (non-hydrogen) atoms. The van der Waals surface area contributed by atoms with E-state index in [-0.39, 0.29) is 30.1 Å². The molecule has 0 fully saturated rings. The Bertz CT molecular complexity index is 1190. The van der Waals surface area contributed by atoms with Crippen molar-refractivity contribution in [3.8, 4) is 0 Å². The van der Waals surface area contributed by atoms with Crippen LogP contribution in [0.2, 0.25) is 0 Å². The van der Waals surface area contributed by atoms with Crippen LogP contribution in [0.4, 0.5) is 11.4 Å². The number of thioether (sulfide) groups is 1. The summed E-state index contributed by atoms with van der Waals surface area (Å²) >= 11 is 1.50. The van der Waals surface area contributed by atoms with Gasteiger partial charge in [0.2, 0.25) is 11.8 Å². The van der Waals surface area contributed by atoms with Gasteiger partial charge in [0.1, 0.15) is 0 Å². The maximum Gasteiger partial charge on any atom is 0.241 e. The molecule has 1 aliphatic heterocycles. The summed E-state index contributed by atoms with van der Waals surface area (Å²) < 4.78 is 0. The fourth-order valence-corrected chi connectivity index (χ4v) is 5.75. The molecule has 2 amide bonds. The van der Waals surface area contributed by atoms with Crippen LogP contribution in [-0.4, -0.2) is 17.1 Å². The molecule has 182 valence electrons. The molecular formula is C30H34N2O2S. The Morgan fingerprint density at radius 1 is 0.943 bits per heavy atom. The number of benzene rings is 3. The summed E-state index contributed by atoms with van der Waals surface area (Å²) in [4.78, 5) is 29.9. The van der Waals surface area contributed by atoms with Gasteiger partial charge >= 0.3 is 0 Å². The molecule has 0 spiro atoms. The van der Waals surface area contributed by atoms with Crippen molar-refractivity contribution >= 4 is 35.0 Å². The highest BCUT2D eigenvalue weighted by molar-refractivity contribution is 8.01. The number of hydrogen-bond donors (Lipinski definition) is 1. The van der Waals surface area contributed by atoms with Crippen LogP contribution < -0.4 is 10.2 Å². The SMILES string of the molecule is Cc1ccc2c(c1)N(Cc1ccccc1)C(=O)C(CC(=O)Nc1c(C(C)C)cccc1C(C)C)S2. The van der Waals surface area contributed by atoms with Crippen LogP contribution in [0.1, 0.15) is 68.2 Å². The number of aryl methyl sites for hydroxylation is 1. The molecule has 4 rings (SSSR count). The average molecular weight is 487 g/mol. The second kappa shape index (κ2) is 10.7. The number of carbonyl (C=O) groups excluding carboxylic acids is 2. The Labute approximate surface area is 213 Å². The summed E-state index contributed by atoms with van der Waals surface area (Å²) in [6, 6.07) is 22.4. The van der Waals surface area contributed by atoms with Crippen molar-refractivity contribution in [1.29, 1.82) is 0 Å². The van der Waals surface area contributed by atoms with Gasteiger partial charge in [0.25, 0.3) is 0 Å². The van der Waals surface area contributed by atoms with E-state index in [0.29, 0.717) is 6.54 Å². The number of fused-ring (bicyclic) bond motifs is 1. The van der Waals surface area contributed by atoms with Gasteiger partial charge in [-0.1, -0.05) is 82.3 Å². The third-order valence-corrected chi connectivity index (χ3v) is 7.66. The monoisotopic (exact) mass is 486 g/mol. The molecule has 0 aliphatic carbocycles. The van der Waals surface area contributed by atoms with Gasteiger partial charge in [-0.2, -0.15) is 0 Å². The Hall–Kier alpha value is -3.05. The third-order valence-electron chi connectivity index (χ3n) is 6.41. The van der Waals surface area contributed by atoms with Gasteiger partial charge in [-0.25, -0.2) is 0 Å².